The number of aliphatic hydroxyl groups excluding tert-OH is 1. The maximum atomic E-state index is 9.40. The zero-order valence-corrected chi connectivity index (χ0v) is 11.3. The number of hydrogen-bond acceptors (Lipinski definition) is 5. The summed E-state index contributed by atoms with van der Waals surface area (Å²) in [6, 6.07) is 0. The van der Waals surface area contributed by atoms with Crippen molar-refractivity contribution in [2.24, 2.45) is 0 Å². The van der Waals surface area contributed by atoms with E-state index in [0.29, 0.717) is 5.95 Å². The predicted octanol–water partition coefficient (Wildman–Crippen LogP) is 2.14. The molecule has 0 aliphatic heterocycles. The van der Waals surface area contributed by atoms with Crippen LogP contribution >= 0.6 is 27.7 Å². The summed E-state index contributed by atoms with van der Waals surface area (Å²) in [7, 11) is 1.77. The number of anilines is 1. The van der Waals surface area contributed by atoms with E-state index in [1.807, 2.05) is 6.92 Å². The van der Waals surface area contributed by atoms with Crippen LogP contribution in [0.3, 0.4) is 0 Å². The standard InChI is InChI=1S/C9H14BrN3OS/c1-5(14)6(2)15-8-7(10)4-12-9(11-3)13-8/h4-6,14H,1-3H3,(H,11,12,13). The van der Waals surface area contributed by atoms with E-state index in [9.17, 15) is 5.11 Å². The molecule has 0 fully saturated rings. The average molecular weight is 292 g/mol. The Kier molecular flexibility index (Phi) is 4.82. The molecule has 1 aromatic rings. The number of rotatable bonds is 4. The van der Waals surface area contributed by atoms with Gasteiger partial charge in [-0.3, -0.25) is 0 Å². The van der Waals surface area contributed by atoms with E-state index in [1.165, 1.54) is 11.8 Å². The van der Waals surface area contributed by atoms with Gasteiger partial charge in [-0.25, -0.2) is 9.97 Å². The van der Waals surface area contributed by atoms with Crippen LogP contribution in [-0.2, 0) is 0 Å². The monoisotopic (exact) mass is 291 g/mol. The highest BCUT2D eigenvalue weighted by Gasteiger charge is 2.14. The maximum absolute atomic E-state index is 9.40. The molecule has 0 aliphatic carbocycles. The highest BCUT2D eigenvalue weighted by molar-refractivity contribution is 9.10. The van der Waals surface area contributed by atoms with Gasteiger partial charge in [0, 0.05) is 18.5 Å². The first-order valence-electron chi connectivity index (χ1n) is 4.59. The van der Waals surface area contributed by atoms with E-state index in [4.69, 9.17) is 0 Å². The molecule has 4 nitrogen and oxygen atoms in total. The Morgan fingerprint density at radius 3 is 2.73 bits per heavy atom. The van der Waals surface area contributed by atoms with Crippen molar-refractivity contribution in [3.63, 3.8) is 0 Å². The zero-order chi connectivity index (χ0) is 11.4. The summed E-state index contributed by atoms with van der Waals surface area (Å²) in [4.78, 5) is 8.36. The van der Waals surface area contributed by atoms with Crippen molar-refractivity contribution in [2.45, 2.75) is 30.2 Å². The second kappa shape index (κ2) is 5.67. The number of hydrogen-bond donors (Lipinski definition) is 2. The first kappa shape index (κ1) is 12.7. The normalized spacial score (nSPS) is 14.7. The Bertz CT molecular complexity index is 335. The molecule has 2 atom stereocenters. The molecule has 1 rings (SSSR count). The van der Waals surface area contributed by atoms with E-state index in [0.717, 1.165) is 9.50 Å². The van der Waals surface area contributed by atoms with Crippen LogP contribution in [-0.4, -0.2) is 33.5 Å². The van der Waals surface area contributed by atoms with E-state index >= 15 is 0 Å². The molecule has 0 amide bonds. The summed E-state index contributed by atoms with van der Waals surface area (Å²) in [6.45, 7) is 3.73. The van der Waals surface area contributed by atoms with Crippen molar-refractivity contribution in [1.29, 1.82) is 0 Å². The molecule has 1 aromatic heterocycles. The summed E-state index contributed by atoms with van der Waals surface area (Å²) in [5, 5.41) is 13.2. The van der Waals surface area contributed by atoms with Crippen LogP contribution in [0, 0.1) is 0 Å². The van der Waals surface area contributed by atoms with Gasteiger partial charge in [-0.15, -0.1) is 0 Å². The number of nitrogens with one attached hydrogen (secondary N) is 1. The minimum atomic E-state index is -0.366. The second-order valence-electron chi connectivity index (χ2n) is 3.16. The molecule has 0 aromatic carbocycles. The Hall–Kier alpha value is -0.330. The van der Waals surface area contributed by atoms with E-state index in [-0.39, 0.29) is 11.4 Å². The van der Waals surface area contributed by atoms with Gasteiger partial charge in [0.25, 0.3) is 0 Å². The molecule has 84 valence electrons. The number of aliphatic hydroxyl groups is 1. The van der Waals surface area contributed by atoms with E-state index in [1.54, 1.807) is 20.2 Å². The fourth-order valence-corrected chi connectivity index (χ4v) is 2.15. The third kappa shape index (κ3) is 3.62. The van der Waals surface area contributed by atoms with Crippen LogP contribution in [0.1, 0.15) is 13.8 Å². The summed E-state index contributed by atoms with van der Waals surface area (Å²) >= 11 is 4.90. The molecule has 1 heterocycles. The molecular weight excluding hydrogens is 278 g/mol. The van der Waals surface area contributed by atoms with E-state index < -0.39 is 0 Å². The molecule has 0 radical (unpaired) electrons. The Labute approximate surface area is 102 Å². The smallest absolute Gasteiger partial charge is 0.223 e. The third-order valence-electron chi connectivity index (χ3n) is 1.91. The van der Waals surface area contributed by atoms with Gasteiger partial charge in [0.05, 0.1) is 10.6 Å². The van der Waals surface area contributed by atoms with Crippen LogP contribution in [0.15, 0.2) is 15.7 Å². The number of nitrogens with zero attached hydrogens (tertiary/aromatic N) is 2. The zero-order valence-electron chi connectivity index (χ0n) is 8.86. The predicted molar refractivity (Wildman–Crippen MR) is 66.3 cm³/mol. The first-order chi connectivity index (χ1) is 7.04. The van der Waals surface area contributed by atoms with Gasteiger partial charge in [-0.2, -0.15) is 0 Å². The van der Waals surface area contributed by atoms with Gasteiger partial charge < -0.3 is 10.4 Å². The lowest BCUT2D eigenvalue weighted by Crippen LogP contribution is -2.15. The van der Waals surface area contributed by atoms with Crippen LogP contribution in [0.25, 0.3) is 0 Å². The van der Waals surface area contributed by atoms with Crippen LogP contribution in [0.4, 0.5) is 5.95 Å². The maximum Gasteiger partial charge on any atom is 0.223 e. The minimum Gasteiger partial charge on any atom is -0.392 e. The topological polar surface area (TPSA) is 58.0 Å². The van der Waals surface area contributed by atoms with Crippen LogP contribution in [0.5, 0.6) is 0 Å². The van der Waals surface area contributed by atoms with Crippen molar-refractivity contribution < 1.29 is 5.11 Å². The highest BCUT2D eigenvalue weighted by Crippen LogP contribution is 2.30. The van der Waals surface area contributed by atoms with Crippen molar-refractivity contribution in [1.82, 2.24) is 9.97 Å². The largest absolute Gasteiger partial charge is 0.392 e. The lowest BCUT2D eigenvalue weighted by molar-refractivity contribution is 0.196. The van der Waals surface area contributed by atoms with Crippen LogP contribution < -0.4 is 5.32 Å². The average Bonchev–Trinajstić information content (AvgIpc) is 2.21. The Morgan fingerprint density at radius 1 is 1.53 bits per heavy atom. The second-order valence-corrected chi connectivity index (χ2v) is 5.38. The Morgan fingerprint density at radius 2 is 2.20 bits per heavy atom. The molecule has 0 saturated carbocycles. The number of aromatic nitrogens is 2. The highest BCUT2D eigenvalue weighted by atomic mass is 79.9. The third-order valence-corrected chi connectivity index (χ3v) is 4.06. The molecule has 0 aliphatic rings. The van der Waals surface area contributed by atoms with Gasteiger partial charge in [-0.05, 0) is 22.9 Å². The molecule has 0 saturated heterocycles. The summed E-state index contributed by atoms with van der Waals surface area (Å²) < 4.78 is 0.846. The van der Waals surface area contributed by atoms with Crippen LogP contribution in [0.2, 0.25) is 0 Å². The molecule has 0 spiro atoms. The van der Waals surface area contributed by atoms with Crippen molar-refractivity contribution >= 4 is 33.6 Å². The van der Waals surface area contributed by atoms with Crippen molar-refractivity contribution in [3.8, 4) is 0 Å². The summed E-state index contributed by atoms with van der Waals surface area (Å²) in [6.07, 6.45) is 1.34. The van der Waals surface area contributed by atoms with Gasteiger partial charge in [0.1, 0.15) is 5.03 Å². The lowest BCUT2D eigenvalue weighted by Gasteiger charge is -2.14. The van der Waals surface area contributed by atoms with E-state index in [2.05, 4.69) is 31.2 Å². The summed E-state index contributed by atoms with van der Waals surface area (Å²) in [5.41, 5.74) is 0. The van der Waals surface area contributed by atoms with Crippen molar-refractivity contribution in [3.05, 3.63) is 10.7 Å². The summed E-state index contributed by atoms with van der Waals surface area (Å²) in [5.74, 6) is 0.582. The Balaban J connectivity index is 2.83. The number of thioether (sulfide) groups is 1. The minimum absolute atomic E-state index is 0.0981. The number of halogens is 1. The van der Waals surface area contributed by atoms with Gasteiger partial charge >= 0.3 is 0 Å². The van der Waals surface area contributed by atoms with Crippen molar-refractivity contribution in [2.75, 3.05) is 12.4 Å². The van der Waals surface area contributed by atoms with Gasteiger partial charge in [-0.1, -0.05) is 18.7 Å². The van der Waals surface area contributed by atoms with Gasteiger partial charge in [0.15, 0.2) is 0 Å². The molecule has 2 unspecified atom stereocenters. The molecule has 15 heavy (non-hydrogen) atoms. The molecule has 2 N–H and O–H groups in total. The quantitative estimate of drug-likeness (QED) is 0.658. The lowest BCUT2D eigenvalue weighted by atomic mass is 10.3. The molecule has 6 heteroatoms. The SMILES string of the molecule is CNc1ncc(Br)c(SC(C)C(C)O)n1. The fourth-order valence-electron chi connectivity index (χ4n) is 0.829. The van der Waals surface area contributed by atoms with Gasteiger partial charge in [0.2, 0.25) is 5.95 Å². The molecular formula is C9H14BrN3OS. The molecule has 0 bridgehead atoms. The first-order valence-corrected chi connectivity index (χ1v) is 6.27. The fraction of sp³-hybridized carbons (Fsp3) is 0.556.